The summed E-state index contributed by atoms with van der Waals surface area (Å²) in [6.45, 7) is 7.17. The highest BCUT2D eigenvalue weighted by Gasteiger charge is 2.29. The lowest BCUT2D eigenvalue weighted by molar-refractivity contribution is -0.126. The Morgan fingerprint density at radius 1 is 1.67 bits per heavy atom. The van der Waals surface area contributed by atoms with Crippen LogP contribution < -0.4 is 0 Å². The normalized spacial score (nSPS) is 24.4. The summed E-state index contributed by atoms with van der Waals surface area (Å²) in [6, 6.07) is 0. The van der Waals surface area contributed by atoms with Crippen molar-refractivity contribution < 1.29 is 9.90 Å². The van der Waals surface area contributed by atoms with Crippen LogP contribution in [0, 0.1) is 5.92 Å². The second kappa shape index (κ2) is 5.31. The number of allylic oxidation sites excluding steroid dienone is 1. The highest BCUT2D eigenvalue weighted by Crippen LogP contribution is 2.21. The number of hydrogen-bond donors (Lipinski definition) is 1. The Bertz CT molecular complexity index is 258. The SMILES string of the molecule is CC/C=C(/C)C(=O)N1CCC(C(C)O)C1. The molecule has 1 N–H and O–H groups in total. The molecule has 1 heterocycles. The molecule has 3 nitrogen and oxygen atoms in total. The predicted octanol–water partition coefficient (Wildman–Crippen LogP) is 1.57. The van der Waals surface area contributed by atoms with Crippen LogP contribution in [0.3, 0.4) is 0 Å². The number of carbonyl (C=O) groups excluding carboxylic acids is 1. The fraction of sp³-hybridized carbons (Fsp3) is 0.750. The lowest BCUT2D eigenvalue weighted by Gasteiger charge is -2.18. The Morgan fingerprint density at radius 2 is 2.33 bits per heavy atom. The lowest BCUT2D eigenvalue weighted by Crippen LogP contribution is -2.30. The lowest BCUT2D eigenvalue weighted by atomic mass is 10.0. The molecule has 0 aliphatic carbocycles. The van der Waals surface area contributed by atoms with Crippen LogP contribution in [0.5, 0.6) is 0 Å². The molecule has 3 heteroatoms. The molecule has 0 bridgehead atoms. The second-order valence-electron chi connectivity index (χ2n) is 4.34. The van der Waals surface area contributed by atoms with Gasteiger partial charge < -0.3 is 10.0 Å². The van der Waals surface area contributed by atoms with Crippen LogP contribution in [0.4, 0.5) is 0 Å². The van der Waals surface area contributed by atoms with Gasteiger partial charge in [0.15, 0.2) is 0 Å². The molecular formula is C12H21NO2. The molecule has 2 unspecified atom stereocenters. The minimum atomic E-state index is -0.307. The van der Waals surface area contributed by atoms with Crippen LogP contribution in [0.25, 0.3) is 0 Å². The Labute approximate surface area is 91.8 Å². The van der Waals surface area contributed by atoms with Crippen molar-refractivity contribution in [3.8, 4) is 0 Å². The quantitative estimate of drug-likeness (QED) is 0.720. The van der Waals surface area contributed by atoms with Crippen molar-refractivity contribution in [2.24, 2.45) is 5.92 Å². The minimum absolute atomic E-state index is 0.125. The van der Waals surface area contributed by atoms with E-state index in [2.05, 4.69) is 0 Å². The molecule has 0 saturated carbocycles. The zero-order chi connectivity index (χ0) is 11.4. The number of nitrogens with zero attached hydrogens (tertiary/aromatic N) is 1. The first-order valence-corrected chi connectivity index (χ1v) is 5.70. The Kier molecular flexibility index (Phi) is 4.33. The molecule has 15 heavy (non-hydrogen) atoms. The molecular weight excluding hydrogens is 190 g/mol. The van der Waals surface area contributed by atoms with Gasteiger partial charge in [0.2, 0.25) is 5.91 Å². The number of carbonyl (C=O) groups is 1. The van der Waals surface area contributed by atoms with E-state index in [0.29, 0.717) is 6.54 Å². The fourth-order valence-corrected chi connectivity index (χ4v) is 2.01. The third kappa shape index (κ3) is 3.06. The first-order valence-electron chi connectivity index (χ1n) is 5.70. The first-order chi connectivity index (χ1) is 7.06. The topological polar surface area (TPSA) is 40.5 Å². The van der Waals surface area contributed by atoms with Gasteiger partial charge in [0.1, 0.15) is 0 Å². The summed E-state index contributed by atoms with van der Waals surface area (Å²) < 4.78 is 0. The van der Waals surface area contributed by atoms with Crippen LogP contribution in [-0.2, 0) is 4.79 Å². The van der Waals surface area contributed by atoms with E-state index in [0.717, 1.165) is 25.0 Å². The van der Waals surface area contributed by atoms with Gasteiger partial charge in [-0.05, 0) is 26.7 Å². The zero-order valence-electron chi connectivity index (χ0n) is 9.86. The van der Waals surface area contributed by atoms with E-state index in [1.165, 1.54) is 0 Å². The van der Waals surface area contributed by atoms with Crippen molar-refractivity contribution >= 4 is 5.91 Å². The molecule has 1 rings (SSSR count). The van der Waals surface area contributed by atoms with E-state index in [1.807, 2.05) is 24.8 Å². The molecule has 0 aromatic rings. The van der Waals surface area contributed by atoms with E-state index >= 15 is 0 Å². The van der Waals surface area contributed by atoms with Crippen molar-refractivity contribution in [1.29, 1.82) is 0 Å². The summed E-state index contributed by atoms with van der Waals surface area (Å²) in [6.07, 6.45) is 3.46. The second-order valence-corrected chi connectivity index (χ2v) is 4.34. The van der Waals surface area contributed by atoms with Crippen molar-refractivity contribution in [1.82, 2.24) is 4.90 Å². The average Bonchev–Trinajstić information content (AvgIpc) is 2.65. The van der Waals surface area contributed by atoms with Gasteiger partial charge in [-0.15, -0.1) is 0 Å². The summed E-state index contributed by atoms with van der Waals surface area (Å²) in [4.78, 5) is 13.7. The van der Waals surface area contributed by atoms with Gasteiger partial charge in [0, 0.05) is 24.6 Å². The number of likely N-dealkylation sites (tertiary alicyclic amines) is 1. The van der Waals surface area contributed by atoms with Crippen LogP contribution in [-0.4, -0.2) is 35.1 Å². The Morgan fingerprint density at radius 3 is 2.80 bits per heavy atom. The van der Waals surface area contributed by atoms with Gasteiger partial charge >= 0.3 is 0 Å². The Hall–Kier alpha value is -0.830. The standard InChI is InChI=1S/C12H21NO2/c1-4-5-9(2)12(15)13-7-6-11(8-13)10(3)14/h5,10-11,14H,4,6-8H2,1-3H3/b9-5-. The zero-order valence-corrected chi connectivity index (χ0v) is 9.86. The maximum absolute atomic E-state index is 11.9. The molecule has 2 atom stereocenters. The van der Waals surface area contributed by atoms with Crippen LogP contribution in [0.2, 0.25) is 0 Å². The molecule has 1 aliphatic heterocycles. The molecule has 0 aromatic carbocycles. The molecule has 1 aliphatic rings. The minimum Gasteiger partial charge on any atom is -0.393 e. The van der Waals surface area contributed by atoms with Gasteiger partial charge in [-0.2, -0.15) is 0 Å². The van der Waals surface area contributed by atoms with Crippen LogP contribution in [0.15, 0.2) is 11.6 Å². The largest absolute Gasteiger partial charge is 0.393 e. The number of rotatable bonds is 3. The summed E-state index contributed by atoms with van der Waals surface area (Å²) in [5, 5.41) is 9.44. The van der Waals surface area contributed by atoms with E-state index in [9.17, 15) is 9.90 Å². The van der Waals surface area contributed by atoms with Gasteiger partial charge in [0.05, 0.1) is 6.10 Å². The number of hydrogen-bond acceptors (Lipinski definition) is 2. The summed E-state index contributed by atoms with van der Waals surface area (Å²) >= 11 is 0. The molecule has 0 spiro atoms. The van der Waals surface area contributed by atoms with Crippen molar-refractivity contribution in [3.63, 3.8) is 0 Å². The molecule has 1 fully saturated rings. The highest BCUT2D eigenvalue weighted by atomic mass is 16.3. The van der Waals surface area contributed by atoms with Crippen molar-refractivity contribution in [3.05, 3.63) is 11.6 Å². The number of amides is 1. The predicted molar refractivity (Wildman–Crippen MR) is 60.4 cm³/mol. The smallest absolute Gasteiger partial charge is 0.249 e. The molecule has 86 valence electrons. The maximum Gasteiger partial charge on any atom is 0.249 e. The number of aliphatic hydroxyl groups is 1. The van der Waals surface area contributed by atoms with Gasteiger partial charge in [-0.25, -0.2) is 0 Å². The van der Waals surface area contributed by atoms with E-state index in [1.54, 1.807) is 6.92 Å². The summed E-state index contributed by atoms with van der Waals surface area (Å²) in [5.41, 5.74) is 0.823. The molecule has 0 aromatic heterocycles. The monoisotopic (exact) mass is 211 g/mol. The molecule has 1 saturated heterocycles. The summed E-state index contributed by atoms with van der Waals surface area (Å²) in [7, 11) is 0. The van der Waals surface area contributed by atoms with Gasteiger partial charge in [-0.1, -0.05) is 13.0 Å². The van der Waals surface area contributed by atoms with E-state index in [4.69, 9.17) is 0 Å². The maximum atomic E-state index is 11.9. The van der Waals surface area contributed by atoms with Crippen LogP contribution in [0.1, 0.15) is 33.6 Å². The van der Waals surface area contributed by atoms with E-state index < -0.39 is 0 Å². The Balaban J connectivity index is 2.54. The molecule has 1 amide bonds. The van der Waals surface area contributed by atoms with Crippen molar-refractivity contribution in [2.45, 2.75) is 39.7 Å². The van der Waals surface area contributed by atoms with E-state index in [-0.39, 0.29) is 17.9 Å². The first kappa shape index (κ1) is 12.2. The van der Waals surface area contributed by atoms with Gasteiger partial charge in [-0.3, -0.25) is 4.79 Å². The van der Waals surface area contributed by atoms with Crippen LogP contribution >= 0.6 is 0 Å². The molecule has 0 radical (unpaired) electrons. The number of aliphatic hydroxyl groups excluding tert-OH is 1. The summed E-state index contributed by atoms with van der Waals surface area (Å²) in [5.74, 6) is 0.378. The third-order valence-corrected chi connectivity index (χ3v) is 3.04. The average molecular weight is 211 g/mol. The fourth-order valence-electron chi connectivity index (χ4n) is 2.01. The van der Waals surface area contributed by atoms with Gasteiger partial charge in [0.25, 0.3) is 0 Å². The van der Waals surface area contributed by atoms with Crippen molar-refractivity contribution in [2.75, 3.05) is 13.1 Å². The third-order valence-electron chi connectivity index (χ3n) is 3.04. The highest BCUT2D eigenvalue weighted by molar-refractivity contribution is 5.92.